The summed E-state index contributed by atoms with van der Waals surface area (Å²) in [6.07, 6.45) is 4.21. The van der Waals surface area contributed by atoms with Gasteiger partial charge < -0.3 is 5.11 Å². The summed E-state index contributed by atoms with van der Waals surface area (Å²) in [5.74, 6) is -0.987. The number of rotatable bonds is 3. The Morgan fingerprint density at radius 1 is 1.11 bits per heavy atom. The molecule has 18 heavy (non-hydrogen) atoms. The molecule has 0 amide bonds. The second-order valence-corrected chi connectivity index (χ2v) is 4.09. The van der Waals surface area contributed by atoms with Crippen molar-refractivity contribution in [2.24, 2.45) is 0 Å². The minimum atomic E-state index is -0.987. The van der Waals surface area contributed by atoms with Crippen LogP contribution in [-0.2, 0) is 4.79 Å². The van der Waals surface area contributed by atoms with E-state index in [2.05, 4.69) is 4.98 Å². The summed E-state index contributed by atoms with van der Waals surface area (Å²) in [7, 11) is 0. The number of halogens is 1. The van der Waals surface area contributed by atoms with Crippen molar-refractivity contribution >= 4 is 23.6 Å². The number of pyridine rings is 1. The van der Waals surface area contributed by atoms with Crippen LogP contribution in [0.15, 0.2) is 48.7 Å². The summed E-state index contributed by atoms with van der Waals surface area (Å²) in [5, 5.41) is 9.19. The van der Waals surface area contributed by atoms with Crippen LogP contribution < -0.4 is 0 Å². The lowest BCUT2D eigenvalue weighted by atomic mass is 10.1. The normalized spacial score (nSPS) is 10.7. The van der Waals surface area contributed by atoms with Gasteiger partial charge in [0.2, 0.25) is 0 Å². The van der Waals surface area contributed by atoms with Crippen molar-refractivity contribution in [1.82, 2.24) is 4.98 Å². The fourth-order valence-electron chi connectivity index (χ4n) is 1.47. The highest BCUT2D eigenvalue weighted by atomic mass is 35.5. The zero-order valence-corrected chi connectivity index (χ0v) is 10.1. The van der Waals surface area contributed by atoms with Gasteiger partial charge in [-0.1, -0.05) is 29.8 Å². The van der Waals surface area contributed by atoms with Gasteiger partial charge in [-0.2, -0.15) is 0 Å². The monoisotopic (exact) mass is 259 g/mol. The first kappa shape index (κ1) is 12.3. The molecule has 0 fully saturated rings. The third-order valence-electron chi connectivity index (χ3n) is 2.36. The average Bonchev–Trinajstić information content (AvgIpc) is 2.38. The molecule has 0 aliphatic rings. The molecule has 2 aromatic rings. The van der Waals surface area contributed by atoms with E-state index in [0.717, 1.165) is 17.2 Å². The number of nitrogens with zero attached hydrogens (tertiary/aromatic N) is 1. The summed E-state index contributed by atoms with van der Waals surface area (Å²) in [6, 6.07) is 11.1. The molecule has 0 radical (unpaired) electrons. The van der Waals surface area contributed by atoms with Gasteiger partial charge in [0.25, 0.3) is 0 Å². The van der Waals surface area contributed by atoms with Gasteiger partial charge in [0.05, 0.1) is 5.69 Å². The van der Waals surface area contributed by atoms with E-state index < -0.39 is 5.97 Å². The molecule has 0 saturated carbocycles. The van der Waals surface area contributed by atoms with Crippen LogP contribution >= 0.6 is 11.6 Å². The van der Waals surface area contributed by atoms with Crippen molar-refractivity contribution in [1.29, 1.82) is 0 Å². The summed E-state index contributed by atoms with van der Waals surface area (Å²) < 4.78 is 0. The zero-order chi connectivity index (χ0) is 13.0. The van der Waals surface area contributed by atoms with Crippen LogP contribution in [0, 0.1) is 0 Å². The molecule has 2 rings (SSSR count). The summed E-state index contributed by atoms with van der Waals surface area (Å²) in [6.45, 7) is 0. The van der Waals surface area contributed by atoms with E-state index >= 15 is 0 Å². The Morgan fingerprint density at radius 3 is 2.33 bits per heavy atom. The Morgan fingerprint density at radius 2 is 1.78 bits per heavy atom. The Hall–Kier alpha value is -2.13. The smallest absolute Gasteiger partial charge is 0.328 e. The van der Waals surface area contributed by atoms with E-state index in [0.29, 0.717) is 10.7 Å². The minimum Gasteiger partial charge on any atom is -0.478 e. The molecule has 0 saturated heterocycles. The molecule has 0 aliphatic carbocycles. The number of hydrogen-bond acceptors (Lipinski definition) is 2. The first-order valence-electron chi connectivity index (χ1n) is 5.28. The fourth-order valence-corrected chi connectivity index (χ4v) is 1.60. The first-order valence-corrected chi connectivity index (χ1v) is 5.66. The average molecular weight is 260 g/mol. The van der Waals surface area contributed by atoms with Gasteiger partial charge in [-0.3, -0.25) is 4.98 Å². The molecule has 0 bridgehead atoms. The van der Waals surface area contributed by atoms with Gasteiger partial charge in [-0.25, -0.2) is 4.79 Å². The first-order chi connectivity index (χ1) is 8.65. The van der Waals surface area contributed by atoms with Crippen LogP contribution in [-0.4, -0.2) is 16.1 Å². The lowest BCUT2D eigenvalue weighted by Gasteiger charge is -2.01. The lowest BCUT2D eigenvalue weighted by Crippen LogP contribution is -1.87. The van der Waals surface area contributed by atoms with Gasteiger partial charge >= 0.3 is 5.97 Å². The Labute approximate surface area is 109 Å². The van der Waals surface area contributed by atoms with Crippen LogP contribution in [0.3, 0.4) is 0 Å². The lowest BCUT2D eigenvalue weighted by molar-refractivity contribution is -0.131. The molecular formula is C14H10ClNO2. The summed E-state index contributed by atoms with van der Waals surface area (Å²) in [5.41, 5.74) is 2.58. The molecular weight excluding hydrogens is 250 g/mol. The number of carbonyl (C=O) groups is 1. The van der Waals surface area contributed by atoms with Crippen molar-refractivity contribution < 1.29 is 9.90 Å². The molecule has 3 nitrogen and oxygen atoms in total. The minimum absolute atomic E-state index is 0.607. The van der Waals surface area contributed by atoms with Crippen LogP contribution in [0.4, 0.5) is 0 Å². The van der Waals surface area contributed by atoms with Gasteiger partial charge in [0.15, 0.2) is 0 Å². The van der Waals surface area contributed by atoms with Crippen LogP contribution in [0.1, 0.15) is 5.69 Å². The maximum absolute atomic E-state index is 10.4. The molecule has 1 N–H and O–H groups in total. The number of hydrogen-bond donors (Lipinski definition) is 1. The predicted octanol–water partition coefficient (Wildman–Crippen LogP) is 3.50. The highest BCUT2D eigenvalue weighted by Gasteiger charge is 1.98. The third kappa shape index (κ3) is 3.18. The van der Waals surface area contributed by atoms with E-state index in [9.17, 15) is 4.79 Å². The van der Waals surface area contributed by atoms with Gasteiger partial charge in [-0.05, 0) is 29.8 Å². The van der Waals surface area contributed by atoms with Crippen molar-refractivity contribution in [3.8, 4) is 11.1 Å². The molecule has 90 valence electrons. The van der Waals surface area contributed by atoms with Crippen LogP contribution in [0.25, 0.3) is 17.2 Å². The van der Waals surface area contributed by atoms with Gasteiger partial charge in [0, 0.05) is 22.9 Å². The Balaban J connectivity index is 2.22. The third-order valence-corrected chi connectivity index (χ3v) is 2.61. The molecule has 0 unspecified atom stereocenters. The molecule has 0 spiro atoms. The van der Waals surface area contributed by atoms with Crippen molar-refractivity contribution in [3.63, 3.8) is 0 Å². The number of aliphatic carboxylic acids is 1. The van der Waals surface area contributed by atoms with Gasteiger partial charge in [-0.15, -0.1) is 0 Å². The molecule has 0 atom stereocenters. The molecule has 1 aromatic carbocycles. The molecule has 1 heterocycles. The highest BCUT2D eigenvalue weighted by Crippen LogP contribution is 2.20. The second kappa shape index (κ2) is 5.47. The van der Waals surface area contributed by atoms with Crippen molar-refractivity contribution in [2.45, 2.75) is 0 Å². The summed E-state index contributed by atoms with van der Waals surface area (Å²) in [4.78, 5) is 14.5. The maximum atomic E-state index is 10.4. The predicted molar refractivity (Wildman–Crippen MR) is 71.4 cm³/mol. The quantitative estimate of drug-likeness (QED) is 0.859. The summed E-state index contributed by atoms with van der Waals surface area (Å²) >= 11 is 5.81. The fraction of sp³-hybridized carbons (Fsp3) is 0. The highest BCUT2D eigenvalue weighted by molar-refractivity contribution is 6.30. The Bertz CT molecular complexity index is 574. The standard InChI is InChI=1S/C14H10ClNO2/c15-12-4-1-10(2-5-12)11-3-6-13(16-9-11)7-8-14(17)18/h1-9H,(H,17,18)/b8-7+. The zero-order valence-electron chi connectivity index (χ0n) is 9.38. The van der Waals surface area contributed by atoms with Gasteiger partial charge in [0.1, 0.15) is 0 Å². The Kier molecular flexibility index (Phi) is 3.75. The number of carboxylic acids is 1. The van der Waals surface area contributed by atoms with E-state index in [-0.39, 0.29) is 0 Å². The van der Waals surface area contributed by atoms with Crippen molar-refractivity contribution in [3.05, 3.63) is 59.4 Å². The van der Waals surface area contributed by atoms with Crippen LogP contribution in [0.5, 0.6) is 0 Å². The number of benzene rings is 1. The molecule has 0 aliphatic heterocycles. The number of carboxylic acid groups (broad SMARTS) is 1. The van der Waals surface area contributed by atoms with Crippen molar-refractivity contribution in [2.75, 3.05) is 0 Å². The maximum Gasteiger partial charge on any atom is 0.328 e. The van der Waals surface area contributed by atoms with E-state index in [4.69, 9.17) is 16.7 Å². The van der Waals surface area contributed by atoms with E-state index in [1.54, 1.807) is 12.3 Å². The van der Waals surface area contributed by atoms with Crippen LogP contribution in [0.2, 0.25) is 5.02 Å². The largest absolute Gasteiger partial charge is 0.478 e. The molecule has 4 heteroatoms. The van der Waals surface area contributed by atoms with E-state index in [1.165, 1.54) is 6.08 Å². The SMILES string of the molecule is O=C(O)/C=C/c1ccc(-c2ccc(Cl)cc2)cn1. The topological polar surface area (TPSA) is 50.2 Å². The molecule has 1 aromatic heterocycles. The van der Waals surface area contributed by atoms with E-state index in [1.807, 2.05) is 30.3 Å². The number of aromatic nitrogens is 1. The second-order valence-electron chi connectivity index (χ2n) is 3.65.